The number of methoxy groups -OCH3 is 1. The molecule has 0 bridgehead atoms. The normalized spacial score (nSPS) is 15.5. The van der Waals surface area contributed by atoms with Gasteiger partial charge in [-0.3, -0.25) is 4.79 Å². The average molecular weight is 600 g/mol. The summed E-state index contributed by atoms with van der Waals surface area (Å²) in [5.41, 5.74) is 1.58. The molecule has 0 aromatic heterocycles. The summed E-state index contributed by atoms with van der Waals surface area (Å²) in [4.78, 5) is 15.4. The molecule has 2 aromatic carbocycles. The molecular weight excluding hydrogens is 562 g/mol. The summed E-state index contributed by atoms with van der Waals surface area (Å²) in [7, 11) is -5.67. The first-order valence-electron chi connectivity index (χ1n) is 13.1. The summed E-state index contributed by atoms with van der Waals surface area (Å²) in [6.07, 6.45) is 1.34. The summed E-state index contributed by atoms with van der Waals surface area (Å²) >= 11 is 6.05. The lowest BCUT2D eigenvalue weighted by Crippen LogP contribution is -2.51. The number of carbonyl (C=O) groups is 1. The topological polar surface area (TPSA) is 104 Å². The van der Waals surface area contributed by atoms with Crippen LogP contribution in [0.5, 0.6) is 0 Å². The van der Waals surface area contributed by atoms with Gasteiger partial charge in [0.25, 0.3) is 0 Å². The molecule has 0 unspecified atom stereocenters. The van der Waals surface area contributed by atoms with Crippen LogP contribution in [0.1, 0.15) is 37.3 Å². The van der Waals surface area contributed by atoms with Gasteiger partial charge in [0, 0.05) is 44.4 Å². The van der Waals surface area contributed by atoms with E-state index >= 15 is 0 Å². The van der Waals surface area contributed by atoms with Gasteiger partial charge in [0.1, 0.15) is 0 Å². The predicted octanol–water partition coefficient (Wildman–Crippen LogP) is 3.35. The zero-order valence-electron chi connectivity index (χ0n) is 22.5. The fourth-order valence-corrected chi connectivity index (χ4v) is 7.78. The Kier molecular flexibility index (Phi) is 11.8. The summed E-state index contributed by atoms with van der Waals surface area (Å²) < 4.78 is 59.6. The van der Waals surface area contributed by atoms with Crippen LogP contribution in [0.3, 0.4) is 0 Å². The molecule has 0 saturated carbocycles. The summed E-state index contributed by atoms with van der Waals surface area (Å²) in [5.74, 6) is -0.458. The zero-order valence-corrected chi connectivity index (χ0v) is 24.9. The quantitative estimate of drug-likeness (QED) is 0.330. The van der Waals surface area contributed by atoms with Crippen LogP contribution in [0.25, 0.3) is 0 Å². The first-order chi connectivity index (χ1) is 18.6. The van der Waals surface area contributed by atoms with Crippen molar-refractivity contribution in [3.05, 3.63) is 70.7 Å². The van der Waals surface area contributed by atoms with Crippen molar-refractivity contribution in [2.45, 2.75) is 44.5 Å². The van der Waals surface area contributed by atoms with Crippen LogP contribution in [-0.2, 0) is 41.9 Å². The van der Waals surface area contributed by atoms with E-state index in [0.29, 0.717) is 24.3 Å². The molecule has 0 aliphatic carbocycles. The SMILES string of the molecule is CCCS(=O)(=O)N(CCOC)CC(=O)N(Cc1ccc(Cl)cc1)C1CCN(S(=O)(=O)Cc2ccccc2)CC1. The maximum absolute atomic E-state index is 13.7. The van der Waals surface area contributed by atoms with Gasteiger partial charge in [-0.2, -0.15) is 4.31 Å². The molecule has 3 rings (SSSR count). The monoisotopic (exact) mass is 599 g/mol. The Balaban J connectivity index is 1.77. The van der Waals surface area contributed by atoms with E-state index in [1.807, 2.05) is 30.3 Å². The Morgan fingerprint density at radius 3 is 2.23 bits per heavy atom. The van der Waals surface area contributed by atoms with Crippen molar-refractivity contribution in [2.75, 3.05) is 45.6 Å². The second-order valence-electron chi connectivity index (χ2n) is 9.66. The molecular formula is C27H38ClN3O6S2. The van der Waals surface area contributed by atoms with Gasteiger partial charge in [-0.1, -0.05) is 61.0 Å². The standard InChI is InChI=1S/C27H38ClN3O6S2/c1-3-19-38(33,34)30(17-18-37-2)21-27(32)31(20-23-9-11-25(28)12-10-23)26-13-15-29(16-14-26)39(35,36)22-24-7-5-4-6-8-24/h4-12,26H,3,13-22H2,1-2H3. The Bertz CT molecular complexity index is 1270. The summed E-state index contributed by atoms with van der Waals surface area (Å²) in [6.45, 7) is 2.56. The van der Waals surface area contributed by atoms with E-state index in [2.05, 4.69) is 0 Å². The molecule has 1 saturated heterocycles. The Morgan fingerprint density at radius 2 is 1.64 bits per heavy atom. The second-order valence-corrected chi connectivity index (χ2v) is 14.2. The van der Waals surface area contributed by atoms with E-state index < -0.39 is 20.0 Å². The van der Waals surface area contributed by atoms with E-state index in [-0.39, 0.29) is 62.8 Å². The molecule has 1 aliphatic heterocycles. The van der Waals surface area contributed by atoms with Crippen LogP contribution in [0.2, 0.25) is 5.02 Å². The van der Waals surface area contributed by atoms with Crippen molar-refractivity contribution < 1.29 is 26.4 Å². The maximum atomic E-state index is 13.7. The number of hydrogen-bond acceptors (Lipinski definition) is 6. The van der Waals surface area contributed by atoms with Gasteiger partial charge in [-0.05, 0) is 42.5 Å². The van der Waals surface area contributed by atoms with Crippen LogP contribution in [0, 0.1) is 0 Å². The van der Waals surface area contributed by atoms with Crippen LogP contribution in [0.15, 0.2) is 54.6 Å². The van der Waals surface area contributed by atoms with E-state index in [9.17, 15) is 21.6 Å². The van der Waals surface area contributed by atoms with Gasteiger partial charge >= 0.3 is 0 Å². The lowest BCUT2D eigenvalue weighted by atomic mass is 10.0. The van der Waals surface area contributed by atoms with Crippen molar-refractivity contribution in [2.24, 2.45) is 0 Å². The van der Waals surface area contributed by atoms with E-state index in [0.717, 1.165) is 11.1 Å². The van der Waals surface area contributed by atoms with E-state index in [1.54, 1.807) is 36.1 Å². The van der Waals surface area contributed by atoms with Crippen LogP contribution < -0.4 is 0 Å². The number of rotatable bonds is 14. The smallest absolute Gasteiger partial charge is 0.238 e. The van der Waals surface area contributed by atoms with Crippen molar-refractivity contribution >= 4 is 37.6 Å². The number of nitrogens with zero attached hydrogens (tertiary/aromatic N) is 3. The number of carbonyl (C=O) groups excluding carboxylic acids is 1. The van der Waals surface area contributed by atoms with Gasteiger partial charge in [-0.15, -0.1) is 0 Å². The molecule has 1 fully saturated rings. The first kappa shape index (κ1) is 31.5. The molecule has 1 aliphatic rings. The second kappa shape index (κ2) is 14.6. The number of sulfonamides is 2. The highest BCUT2D eigenvalue weighted by atomic mass is 35.5. The molecule has 0 spiro atoms. The van der Waals surface area contributed by atoms with Crippen LogP contribution in [0.4, 0.5) is 0 Å². The molecule has 12 heteroatoms. The molecule has 39 heavy (non-hydrogen) atoms. The van der Waals surface area contributed by atoms with Gasteiger partial charge in [0.05, 0.1) is 24.7 Å². The average Bonchev–Trinajstić information content (AvgIpc) is 2.91. The third-order valence-corrected chi connectivity index (χ3v) is 10.9. The molecule has 0 radical (unpaired) electrons. The number of ether oxygens (including phenoxy) is 1. The molecule has 1 amide bonds. The summed E-state index contributed by atoms with van der Waals surface area (Å²) in [5, 5.41) is 0.574. The minimum atomic E-state index is -3.64. The van der Waals surface area contributed by atoms with Crippen molar-refractivity contribution in [3.8, 4) is 0 Å². The Labute approximate surface area is 237 Å². The zero-order chi connectivity index (χ0) is 28.5. The first-order valence-corrected chi connectivity index (χ1v) is 16.7. The van der Waals surface area contributed by atoms with Gasteiger partial charge in [0.15, 0.2) is 0 Å². The van der Waals surface area contributed by atoms with E-state index in [4.69, 9.17) is 16.3 Å². The third-order valence-electron chi connectivity index (χ3n) is 6.75. The van der Waals surface area contributed by atoms with Crippen molar-refractivity contribution in [1.29, 1.82) is 0 Å². The van der Waals surface area contributed by atoms with Crippen LogP contribution >= 0.6 is 11.6 Å². The fraction of sp³-hybridized carbons (Fsp3) is 0.519. The minimum Gasteiger partial charge on any atom is -0.383 e. The molecule has 0 N–H and O–H groups in total. The van der Waals surface area contributed by atoms with Gasteiger partial charge in [0.2, 0.25) is 26.0 Å². The molecule has 0 atom stereocenters. The molecule has 1 heterocycles. The van der Waals surface area contributed by atoms with Crippen LogP contribution in [-0.4, -0.2) is 87.9 Å². The lowest BCUT2D eigenvalue weighted by molar-refractivity contribution is -0.135. The highest BCUT2D eigenvalue weighted by Gasteiger charge is 2.34. The molecule has 9 nitrogen and oxygen atoms in total. The highest BCUT2D eigenvalue weighted by molar-refractivity contribution is 7.89. The number of hydrogen-bond donors (Lipinski definition) is 0. The fourth-order valence-electron chi connectivity index (χ4n) is 4.65. The third kappa shape index (κ3) is 9.26. The van der Waals surface area contributed by atoms with Crippen molar-refractivity contribution in [1.82, 2.24) is 13.5 Å². The predicted molar refractivity (Wildman–Crippen MR) is 153 cm³/mol. The number of halogens is 1. The van der Waals surface area contributed by atoms with Gasteiger partial charge in [-0.25, -0.2) is 21.1 Å². The van der Waals surface area contributed by atoms with Gasteiger partial charge < -0.3 is 9.64 Å². The highest BCUT2D eigenvalue weighted by Crippen LogP contribution is 2.24. The lowest BCUT2D eigenvalue weighted by Gasteiger charge is -2.39. The Hall–Kier alpha value is -2.02. The minimum absolute atomic E-state index is 0.0567. The molecule has 216 valence electrons. The van der Waals surface area contributed by atoms with E-state index in [1.165, 1.54) is 15.7 Å². The number of benzene rings is 2. The molecule has 2 aromatic rings. The van der Waals surface area contributed by atoms with Crippen molar-refractivity contribution in [3.63, 3.8) is 0 Å². The number of piperidine rings is 1. The largest absolute Gasteiger partial charge is 0.383 e. The number of amides is 1. The maximum Gasteiger partial charge on any atom is 0.238 e. The summed E-state index contributed by atoms with van der Waals surface area (Å²) in [6, 6.07) is 16.0. The Morgan fingerprint density at radius 1 is 1.00 bits per heavy atom.